The molecule has 54 heavy (non-hydrogen) atoms. The van der Waals surface area contributed by atoms with Gasteiger partial charge in [-0.15, -0.1) is 0 Å². The summed E-state index contributed by atoms with van der Waals surface area (Å²) in [5.74, 6) is -0.324. The Morgan fingerprint density at radius 1 is 0.537 bits per heavy atom. The topological polar surface area (TPSA) is 107 Å². The van der Waals surface area contributed by atoms with Crippen molar-refractivity contribution in [2.45, 2.75) is 6.92 Å². The zero-order valence-electron chi connectivity index (χ0n) is 29.2. The fourth-order valence-electron chi connectivity index (χ4n) is 7.34. The fourth-order valence-corrected chi connectivity index (χ4v) is 7.34. The van der Waals surface area contributed by atoms with Crippen LogP contribution in [0.1, 0.15) is 23.9 Å². The number of esters is 1. The van der Waals surface area contributed by atoms with Crippen LogP contribution in [0.5, 0.6) is 5.75 Å². The molecule has 0 radical (unpaired) electrons. The number of hydrogen-bond acceptors (Lipinski definition) is 5. The van der Waals surface area contributed by atoms with Crippen molar-refractivity contribution in [1.29, 1.82) is 5.26 Å². The van der Waals surface area contributed by atoms with Gasteiger partial charge in [0.25, 0.3) is 0 Å². The molecule has 0 atom stereocenters. The Morgan fingerprint density at radius 2 is 0.926 bits per heavy atom. The van der Waals surface area contributed by atoms with E-state index in [1.165, 1.54) is 6.92 Å². The van der Waals surface area contributed by atoms with E-state index in [4.69, 9.17) is 14.7 Å². The lowest BCUT2D eigenvalue weighted by molar-refractivity contribution is -0.131. The van der Waals surface area contributed by atoms with Crippen LogP contribution in [0.3, 0.4) is 0 Å². The number of nitrogens with zero attached hydrogens (tertiary/aromatic N) is 3. The predicted octanol–water partition coefficient (Wildman–Crippen LogP) is 11.3. The molecule has 0 fully saturated rings. The van der Waals surface area contributed by atoms with Gasteiger partial charge in [0.1, 0.15) is 11.8 Å². The van der Waals surface area contributed by atoms with Gasteiger partial charge >= 0.3 is 5.97 Å². The highest BCUT2D eigenvalue weighted by Gasteiger charge is 2.30. The number of aromatic nitrogens is 3. The van der Waals surface area contributed by atoms with Crippen LogP contribution in [0, 0.1) is 11.3 Å². The summed E-state index contributed by atoms with van der Waals surface area (Å²) < 4.78 is 6.16. The van der Waals surface area contributed by atoms with E-state index < -0.39 is 5.97 Å². The zero-order valence-corrected chi connectivity index (χ0v) is 29.2. The van der Waals surface area contributed by atoms with Gasteiger partial charge < -0.3 is 14.7 Å². The Kier molecular flexibility index (Phi) is 8.11. The maximum Gasteiger partial charge on any atom is 0.308 e. The molecule has 4 aromatic carbocycles. The number of H-pyrrole nitrogens is 2. The number of aliphatic imine (C=N–C) groups is 1. The largest absolute Gasteiger partial charge is 0.424 e. The first-order chi connectivity index (χ1) is 26.6. The molecule has 8 bridgehead atoms. The third-order valence-corrected chi connectivity index (χ3v) is 9.59. The summed E-state index contributed by atoms with van der Waals surface area (Å²) in [6.45, 7) is 1.37. The minimum absolute atomic E-state index is 0.131. The number of benzene rings is 4. The third-order valence-electron chi connectivity index (χ3n) is 9.59. The summed E-state index contributed by atoms with van der Waals surface area (Å²) >= 11 is 0. The molecule has 2 N–H and O–H groups in total. The molecular formula is C47H31N5O2. The maximum atomic E-state index is 13.0. The van der Waals surface area contributed by atoms with Crippen molar-refractivity contribution in [2.75, 3.05) is 0 Å². The molecular weight excluding hydrogens is 667 g/mol. The van der Waals surface area contributed by atoms with Crippen molar-refractivity contribution in [3.05, 3.63) is 163 Å². The first-order valence-corrected chi connectivity index (χ1v) is 17.6. The van der Waals surface area contributed by atoms with E-state index in [-0.39, 0.29) is 11.5 Å². The average molecular weight is 698 g/mol. The molecule has 0 saturated carbocycles. The number of nitriles is 1. The molecule has 0 spiro atoms. The smallest absolute Gasteiger partial charge is 0.308 e. The number of ether oxygens (including phenoxy) is 1. The van der Waals surface area contributed by atoms with Crippen molar-refractivity contribution in [1.82, 2.24) is 15.0 Å². The molecule has 0 unspecified atom stereocenters. The molecule has 9 rings (SSSR count). The van der Waals surface area contributed by atoms with Crippen LogP contribution in [0.2, 0.25) is 0 Å². The summed E-state index contributed by atoms with van der Waals surface area (Å²) in [5, 5.41) is 10.8. The minimum atomic E-state index is -0.528. The van der Waals surface area contributed by atoms with Gasteiger partial charge in [0.05, 0.1) is 17.0 Å². The van der Waals surface area contributed by atoms with Crippen molar-refractivity contribution in [2.24, 2.45) is 4.99 Å². The first kappa shape index (κ1) is 32.4. The second-order valence-corrected chi connectivity index (χ2v) is 13.0. The van der Waals surface area contributed by atoms with Crippen LogP contribution >= 0.6 is 0 Å². The number of carbonyl (C=O) groups excluding carboxylic acids is 1. The molecule has 2 aliphatic rings. The predicted molar refractivity (Wildman–Crippen MR) is 217 cm³/mol. The van der Waals surface area contributed by atoms with E-state index in [1.807, 2.05) is 121 Å². The van der Waals surface area contributed by atoms with Gasteiger partial charge in [-0.2, -0.15) is 5.26 Å². The number of aromatic amines is 2. The Hall–Kier alpha value is -7.56. The van der Waals surface area contributed by atoms with Crippen LogP contribution in [-0.4, -0.2) is 26.6 Å². The van der Waals surface area contributed by atoms with Crippen molar-refractivity contribution >= 4 is 51.6 Å². The standard InChI is InChI=1S/C47H31N5O2/c1-29(53)54-47-45-40(28-48)52-46(47)44(33-20-12-5-13-21-33)39-27-25-37(51-39)42(31-16-8-3-9-17-31)35-23-22-34(49-35)41(30-14-6-2-7-15-30)36-24-26-38(50-36)43(45)32-18-10-4-11-19-32/h2-27,50-51H,1H3. The van der Waals surface area contributed by atoms with Crippen LogP contribution in [-0.2, 0) is 4.79 Å². The Balaban J connectivity index is 1.56. The summed E-state index contributed by atoms with van der Waals surface area (Å²) in [4.78, 5) is 30.8. The van der Waals surface area contributed by atoms with Crippen molar-refractivity contribution in [3.63, 3.8) is 0 Å². The lowest BCUT2D eigenvalue weighted by atomic mass is 9.97. The summed E-state index contributed by atoms with van der Waals surface area (Å²) in [7, 11) is 0. The van der Waals surface area contributed by atoms with Crippen molar-refractivity contribution < 1.29 is 9.53 Å². The lowest BCUT2D eigenvalue weighted by Crippen LogP contribution is -2.05. The zero-order chi connectivity index (χ0) is 36.6. The summed E-state index contributed by atoms with van der Waals surface area (Å²) in [6, 6.07) is 50.4. The fraction of sp³-hybridized carbons (Fsp3) is 0.0213. The van der Waals surface area contributed by atoms with E-state index in [2.05, 4.69) is 52.5 Å². The van der Waals surface area contributed by atoms with E-state index >= 15 is 0 Å². The van der Waals surface area contributed by atoms with Gasteiger partial charge in [0.15, 0.2) is 11.5 Å². The Labute approximate surface area is 311 Å². The number of fused-ring (bicyclic) bond motifs is 8. The second kappa shape index (κ2) is 13.5. The number of nitrogens with one attached hydrogen (secondary N) is 2. The van der Waals surface area contributed by atoms with Gasteiger partial charge in [0, 0.05) is 51.2 Å². The second-order valence-electron chi connectivity index (χ2n) is 13.0. The highest BCUT2D eigenvalue weighted by Crippen LogP contribution is 2.49. The van der Waals surface area contributed by atoms with Crippen LogP contribution in [0.25, 0.3) is 78.7 Å². The van der Waals surface area contributed by atoms with E-state index in [9.17, 15) is 10.1 Å². The lowest BCUT2D eigenvalue weighted by Gasteiger charge is -2.11. The molecule has 0 amide bonds. The SMILES string of the molecule is CC(=O)Oc1c2c(-c3ccccc3)c3ccc([nH]3)c(-c3ccccc3)c3nc(c(-c4ccccc4)c4ccc([nH]4)c(-c4ccccc4)c1C(C#N)=N2)C=C3. The van der Waals surface area contributed by atoms with E-state index in [0.29, 0.717) is 27.9 Å². The first-order valence-electron chi connectivity index (χ1n) is 17.6. The Bertz CT molecular complexity index is 2860. The van der Waals surface area contributed by atoms with Crippen LogP contribution < -0.4 is 4.74 Å². The van der Waals surface area contributed by atoms with Gasteiger partial charge in [-0.1, -0.05) is 121 Å². The summed E-state index contributed by atoms with van der Waals surface area (Å²) in [5.41, 5.74) is 12.4. The quantitative estimate of drug-likeness (QED) is 0.175. The molecule has 3 aromatic heterocycles. The van der Waals surface area contributed by atoms with E-state index in [0.717, 1.165) is 61.3 Å². The van der Waals surface area contributed by atoms with Crippen molar-refractivity contribution in [3.8, 4) is 56.3 Å². The number of carbonyl (C=O) groups is 1. The molecule has 7 aromatic rings. The number of hydrogen-bond donors (Lipinski definition) is 2. The Morgan fingerprint density at radius 3 is 1.35 bits per heavy atom. The monoisotopic (exact) mass is 697 g/mol. The van der Waals surface area contributed by atoms with Crippen LogP contribution in [0.4, 0.5) is 5.69 Å². The van der Waals surface area contributed by atoms with Gasteiger partial charge in [-0.25, -0.2) is 9.98 Å². The van der Waals surface area contributed by atoms with E-state index in [1.54, 1.807) is 0 Å². The molecule has 7 heteroatoms. The number of rotatable bonds is 5. The van der Waals surface area contributed by atoms with Gasteiger partial charge in [0.2, 0.25) is 0 Å². The maximum absolute atomic E-state index is 13.0. The molecule has 0 saturated heterocycles. The normalized spacial score (nSPS) is 11.9. The van der Waals surface area contributed by atoms with Gasteiger partial charge in [-0.3, -0.25) is 4.79 Å². The average Bonchev–Trinajstić information content (AvgIpc) is 4.04. The molecule has 7 nitrogen and oxygen atoms in total. The van der Waals surface area contributed by atoms with Gasteiger partial charge in [-0.05, 0) is 58.7 Å². The summed E-state index contributed by atoms with van der Waals surface area (Å²) in [6.07, 6.45) is 4.13. The highest BCUT2D eigenvalue weighted by molar-refractivity contribution is 6.24. The molecule has 256 valence electrons. The highest BCUT2D eigenvalue weighted by atomic mass is 16.5. The molecule has 0 aliphatic carbocycles. The van der Waals surface area contributed by atoms with Crippen LogP contribution in [0.15, 0.2) is 151 Å². The minimum Gasteiger partial charge on any atom is -0.424 e. The molecule has 2 aliphatic heterocycles. The molecule has 5 heterocycles. The third kappa shape index (κ3) is 5.69.